The molecule has 20 fully saturated rings. The van der Waals surface area contributed by atoms with Gasteiger partial charge in [0.1, 0.15) is 0 Å². The van der Waals surface area contributed by atoms with Crippen LogP contribution in [0.15, 0.2) is 0 Å². The first-order chi connectivity index (χ1) is 13.1. The predicted octanol–water partition coefficient (Wildman–Crippen LogP) is 8.66. The minimum atomic E-state index is -2.85. The molecule has 20 aliphatic heterocycles. The van der Waals surface area contributed by atoms with E-state index in [0.29, 0.717) is 0 Å². The van der Waals surface area contributed by atoms with E-state index in [1.54, 1.807) is 67.4 Å². The molecule has 20 saturated heterocycles. The molecule has 0 N–H and O–H groups in total. The third-order valence-electron chi connectivity index (χ3n) is 31.2. The van der Waals surface area contributed by atoms with Gasteiger partial charge in [-0.2, -0.15) is 0 Å². The molecule has 0 saturated carbocycles. The zero-order chi connectivity index (χ0) is 16.6. The first kappa shape index (κ1) is 10.3. The van der Waals surface area contributed by atoms with Gasteiger partial charge in [0.15, 0.2) is 0 Å². The Balaban J connectivity index is 0.851. The number of hydrogen-bond donors (Lipinski definition) is 0. The summed E-state index contributed by atoms with van der Waals surface area (Å²) in [5, 5.41) is 2.25. The second kappa shape index (κ2) is 0.805. The van der Waals surface area contributed by atoms with E-state index < -0.39 is 13.0 Å². The minimum absolute atomic E-state index is 1.13. The summed E-state index contributed by atoms with van der Waals surface area (Å²) >= 11 is 0. The van der Waals surface area contributed by atoms with Gasteiger partial charge in [0.2, 0.25) is 0 Å². The molecule has 10 atom stereocenters. The Bertz CT molecular complexity index is 1800. The van der Waals surface area contributed by atoms with Gasteiger partial charge in [0.25, 0.3) is 0 Å². The van der Waals surface area contributed by atoms with Gasteiger partial charge in [-0.25, -0.2) is 0 Å². The van der Waals surface area contributed by atoms with Gasteiger partial charge in [-0.15, -0.1) is 0 Å². The summed E-state index contributed by atoms with van der Waals surface area (Å²) in [5.41, 5.74) is 0. The summed E-state index contributed by atoms with van der Waals surface area (Å²) in [4.78, 5) is 27.7. The molecular weight excluding hydrogens is 464 g/mol. The monoisotopic (exact) mass is 490 g/mol. The van der Waals surface area contributed by atoms with Crippen molar-refractivity contribution in [2.75, 3.05) is 0 Å². The quantitative estimate of drug-likeness (QED) is 0.279. The first-order valence-electron chi connectivity index (χ1n) is 12.9. The molecule has 20 heterocycles. The summed E-state index contributed by atoms with van der Waals surface area (Å²) in [6.07, 6.45) is 0. The molecule has 150 valence electrons. The van der Waals surface area contributed by atoms with Crippen molar-refractivity contribution in [3.63, 3.8) is 0 Å². The molecule has 20 aliphatic rings. The van der Waals surface area contributed by atoms with Crippen molar-refractivity contribution >= 4 is 21.6 Å². The normalized spacial score (nSPS) is 145. The van der Waals surface area contributed by atoms with Crippen LogP contribution in [-0.4, -0.2) is 10.5 Å². The van der Waals surface area contributed by atoms with Gasteiger partial charge in [-0.1, -0.05) is 0 Å². The summed E-state index contributed by atoms with van der Waals surface area (Å²) < 4.78 is 2.32. The average molecular weight is 490 g/mol. The van der Waals surface area contributed by atoms with Crippen LogP contribution in [0.1, 0.15) is 13.8 Å². The molecule has 0 aromatic rings. The van der Waals surface area contributed by atoms with Crippen LogP contribution in [-0.2, 0) is 13.0 Å². The van der Waals surface area contributed by atoms with Crippen LogP contribution in [0.4, 0.5) is 0 Å². The molecule has 10 unspecified atom stereocenters. The fourth-order valence-corrected chi connectivity index (χ4v) is 194. The van der Waals surface area contributed by atoms with Crippen LogP contribution in [0, 0.1) is 0 Å². The van der Waals surface area contributed by atoms with Crippen molar-refractivity contribution in [3.8, 4) is 0 Å². The number of fused-ring (bicyclic) bond motifs is 20. The molecule has 0 amide bonds. The van der Waals surface area contributed by atoms with E-state index in [0.717, 1.165) is 19.1 Å². The number of hydrogen-bond acceptors (Lipinski definition) is 2. The Hall–Kier alpha value is 1.74. The van der Waals surface area contributed by atoms with Crippen molar-refractivity contribution in [3.05, 3.63) is 0 Å². The molecule has 28 heavy (non-hydrogen) atoms. The van der Waals surface area contributed by atoms with E-state index in [1.807, 2.05) is 0 Å². The van der Waals surface area contributed by atoms with Gasteiger partial charge in [0, 0.05) is 0 Å². The summed E-state index contributed by atoms with van der Waals surface area (Å²) in [6, 6.07) is 0. The molecule has 0 bridgehead atoms. The second-order valence-electron chi connectivity index (χ2n) is 21.0. The van der Waals surface area contributed by atoms with Gasteiger partial charge in [-0.3, -0.25) is 0 Å². The molecular formula is C24H26Fe2S2. The van der Waals surface area contributed by atoms with Crippen LogP contribution in [0.5, 0.6) is 0 Å². The SMILES string of the molecule is CC(SSC(C)[C]12[CH]3[CH]4[CH]5[CH]1[Fe]45321678[CH]2[CH]1[CH]6[CH]7[CH]28)[C]12[CH]3[CH]4[CH]5[CH]1[Fe]45321678[CH]2[CH]1[CH]6[CH]7[CH]28. The van der Waals surface area contributed by atoms with Gasteiger partial charge in [0.05, 0.1) is 0 Å². The van der Waals surface area contributed by atoms with Crippen LogP contribution in [0.3, 0.4) is 0 Å². The van der Waals surface area contributed by atoms with Gasteiger partial charge < -0.3 is 0 Å². The summed E-state index contributed by atoms with van der Waals surface area (Å²) in [6.45, 7) is -0.0152. The van der Waals surface area contributed by atoms with Crippen molar-refractivity contribution in [2.45, 2.75) is 120 Å². The molecule has 4 heteroatoms. The van der Waals surface area contributed by atoms with Crippen LogP contribution < -0.4 is 0 Å². The first-order valence-corrected chi connectivity index (χ1v) is 27.7. The zero-order valence-electron chi connectivity index (χ0n) is 16.1. The summed E-state index contributed by atoms with van der Waals surface area (Å²) in [7, 11) is 5.17. The Labute approximate surface area is 153 Å². The van der Waals surface area contributed by atoms with Crippen LogP contribution in [0.25, 0.3) is 0 Å². The van der Waals surface area contributed by atoms with Crippen molar-refractivity contribution in [2.24, 2.45) is 0 Å². The van der Waals surface area contributed by atoms with Crippen molar-refractivity contribution < 1.29 is 13.0 Å². The Morgan fingerprint density at radius 2 is 0.714 bits per heavy atom. The van der Waals surface area contributed by atoms with E-state index in [-0.39, 0.29) is 0 Å². The van der Waals surface area contributed by atoms with E-state index in [1.165, 1.54) is 19.3 Å². The predicted molar refractivity (Wildman–Crippen MR) is 107 cm³/mol. The topological polar surface area (TPSA) is 0 Å². The van der Waals surface area contributed by atoms with Gasteiger partial charge >= 0.3 is 154 Å². The Kier molecular flexibility index (Phi) is 0.297. The Morgan fingerprint density at radius 3 is 0.857 bits per heavy atom. The third kappa shape index (κ3) is 0.100. The molecule has 20 rings (SSSR count). The maximum absolute atomic E-state index is 2.85. The summed E-state index contributed by atoms with van der Waals surface area (Å²) in [5.74, 6) is 0. The van der Waals surface area contributed by atoms with Crippen molar-refractivity contribution in [1.29, 1.82) is 0 Å². The van der Waals surface area contributed by atoms with E-state index in [9.17, 15) is 0 Å². The standard InChI is InChI=1S/C14H16S2.2C5H5.2Fe/c1-11(13-7-3-4-8-13)15-16-12(2)14-9-5-6-10-14;2*1-2-4-5-3-1;;/h3-12H,1-2H3;2*1-5H;;. The van der Waals surface area contributed by atoms with E-state index >= 15 is 0 Å². The van der Waals surface area contributed by atoms with E-state index in [2.05, 4.69) is 35.4 Å². The van der Waals surface area contributed by atoms with Crippen LogP contribution >= 0.6 is 21.6 Å². The number of rotatable bonds is 5. The molecule has 0 nitrogen and oxygen atoms in total. The molecule has 0 aromatic carbocycles. The van der Waals surface area contributed by atoms with E-state index in [4.69, 9.17) is 0 Å². The zero-order valence-corrected chi connectivity index (χ0v) is 19.9. The van der Waals surface area contributed by atoms with Crippen LogP contribution in [0.2, 0.25) is 95.3 Å². The molecule has 0 aliphatic carbocycles. The fraction of sp³-hybridized carbons (Fsp3) is 1.00. The maximum atomic E-state index is 2.84. The van der Waals surface area contributed by atoms with Crippen molar-refractivity contribution in [1.82, 2.24) is 0 Å². The van der Waals surface area contributed by atoms with Gasteiger partial charge in [-0.05, 0) is 0 Å². The second-order valence-corrected chi connectivity index (χ2v) is 71.1. The molecule has 0 radical (unpaired) electrons. The third-order valence-corrected chi connectivity index (χ3v) is 121. The molecule has 0 aromatic heterocycles. The fourth-order valence-electron chi connectivity index (χ4n) is 35.3. The Morgan fingerprint density at radius 1 is 0.464 bits per heavy atom. The molecule has 2 spiro atoms. The average Bonchev–Trinajstić information content (AvgIpc) is 3.60.